The molecule has 0 saturated carbocycles. The Morgan fingerprint density at radius 1 is 1.37 bits per heavy atom. The number of piperidine rings is 1. The second kappa shape index (κ2) is 5.86. The molecule has 0 N–H and O–H groups in total. The highest BCUT2D eigenvalue weighted by Crippen LogP contribution is 2.24. The quantitative estimate of drug-likeness (QED) is 0.768. The molecule has 0 aliphatic carbocycles. The van der Waals surface area contributed by atoms with Crippen molar-refractivity contribution in [3.05, 3.63) is 11.8 Å². The summed E-state index contributed by atoms with van der Waals surface area (Å²) in [5.41, 5.74) is 0.816. The monoisotopic (exact) mass is 265 g/mol. The van der Waals surface area contributed by atoms with Crippen molar-refractivity contribution in [2.75, 3.05) is 25.7 Å². The minimum absolute atomic E-state index is 0.233. The molecule has 0 bridgehead atoms. The normalized spacial score (nSPS) is 19.1. The standard InChI is InChI=1S/C13H19N3O3/c1-9-8-11(18-2)15-13(14-9)16-7-5-4-6-10(16)12(17)19-3/h8,10H,4-7H2,1-3H3. The lowest BCUT2D eigenvalue weighted by molar-refractivity contribution is -0.142. The van der Waals surface area contributed by atoms with Crippen LogP contribution in [-0.4, -0.2) is 42.7 Å². The molecule has 1 fully saturated rings. The van der Waals surface area contributed by atoms with Crippen molar-refractivity contribution < 1.29 is 14.3 Å². The average Bonchev–Trinajstić information content (AvgIpc) is 2.45. The van der Waals surface area contributed by atoms with Gasteiger partial charge in [0.15, 0.2) is 0 Å². The number of hydrogen-bond acceptors (Lipinski definition) is 6. The number of ether oxygens (including phenoxy) is 2. The van der Waals surface area contributed by atoms with Gasteiger partial charge in [-0.2, -0.15) is 4.98 Å². The lowest BCUT2D eigenvalue weighted by Crippen LogP contribution is -2.46. The highest BCUT2D eigenvalue weighted by Gasteiger charge is 2.31. The largest absolute Gasteiger partial charge is 0.481 e. The zero-order valence-electron chi connectivity index (χ0n) is 11.5. The van der Waals surface area contributed by atoms with E-state index in [-0.39, 0.29) is 12.0 Å². The van der Waals surface area contributed by atoms with Crippen LogP contribution in [0.4, 0.5) is 5.95 Å². The molecule has 1 atom stereocenters. The Bertz CT molecular complexity index is 464. The Kier molecular flexibility index (Phi) is 4.19. The van der Waals surface area contributed by atoms with Gasteiger partial charge in [-0.05, 0) is 26.2 Å². The fraction of sp³-hybridized carbons (Fsp3) is 0.615. The van der Waals surface area contributed by atoms with E-state index >= 15 is 0 Å². The van der Waals surface area contributed by atoms with E-state index in [1.165, 1.54) is 7.11 Å². The van der Waals surface area contributed by atoms with Crippen LogP contribution in [-0.2, 0) is 9.53 Å². The lowest BCUT2D eigenvalue weighted by atomic mass is 10.0. The third-order valence-corrected chi connectivity index (χ3v) is 3.26. The molecule has 0 spiro atoms. The average molecular weight is 265 g/mol. The number of aromatic nitrogens is 2. The number of hydrogen-bond donors (Lipinski definition) is 0. The van der Waals surface area contributed by atoms with Gasteiger partial charge in [0.1, 0.15) is 6.04 Å². The van der Waals surface area contributed by atoms with Gasteiger partial charge in [-0.25, -0.2) is 9.78 Å². The molecule has 1 unspecified atom stereocenters. The van der Waals surface area contributed by atoms with E-state index in [0.29, 0.717) is 11.8 Å². The van der Waals surface area contributed by atoms with E-state index in [0.717, 1.165) is 31.5 Å². The Balaban J connectivity index is 2.31. The van der Waals surface area contributed by atoms with Crippen molar-refractivity contribution >= 4 is 11.9 Å². The van der Waals surface area contributed by atoms with Gasteiger partial charge in [0.05, 0.1) is 14.2 Å². The van der Waals surface area contributed by atoms with E-state index in [2.05, 4.69) is 9.97 Å². The molecule has 6 nitrogen and oxygen atoms in total. The molecule has 1 aromatic rings. The van der Waals surface area contributed by atoms with Crippen molar-refractivity contribution in [2.24, 2.45) is 0 Å². The predicted octanol–water partition coefficient (Wildman–Crippen LogP) is 1.33. The first-order valence-corrected chi connectivity index (χ1v) is 6.40. The zero-order valence-corrected chi connectivity index (χ0v) is 11.5. The van der Waals surface area contributed by atoms with Gasteiger partial charge in [0.25, 0.3) is 0 Å². The molecule has 6 heteroatoms. The molecular weight excluding hydrogens is 246 g/mol. The predicted molar refractivity (Wildman–Crippen MR) is 70.3 cm³/mol. The number of anilines is 1. The molecule has 1 aliphatic heterocycles. The molecule has 19 heavy (non-hydrogen) atoms. The zero-order chi connectivity index (χ0) is 13.8. The SMILES string of the molecule is COC(=O)C1CCCCN1c1nc(C)cc(OC)n1. The molecule has 0 amide bonds. The van der Waals surface area contributed by atoms with Crippen molar-refractivity contribution in [3.8, 4) is 5.88 Å². The van der Waals surface area contributed by atoms with Crippen molar-refractivity contribution in [1.82, 2.24) is 9.97 Å². The van der Waals surface area contributed by atoms with E-state index < -0.39 is 0 Å². The summed E-state index contributed by atoms with van der Waals surface area (Å²) in [6, 6.07) is 1.46. The number of aryl methyl sites for hydroxylation is 1. The Morgan fingerprint density at radius 2 is 2.16 bits per heavy atom. The van der Waals surface area contributed by atoms with Gasteiger partial charge in [0, 0.05) is 18.3 Å². The first-order valence-electron chi connectivity index (χ1n) is 6.40. The second-order valence-corrected chi connectivity index (χ2v) is 4.58. The Labute approximate surface area is 112 Å². The molecule has 2 rings (SSSR count). The van der Waals surface area contributed by atoms with Gasteiger partial charge in [-0.15, -0.1) is 0 Å². The molecule has 0 radical (unpaired) electrons. The first-order chi connectivity index (χ1) is 9.15. The van der Waals surface area contributed by atoms with Crippen LogP contribution in [0.2, 0.25) is 0 Å². The summed E-state index contributed by atoms with van der Waals surface area (Å²) in [6.07, 6.45) is 2.80. The van der Waals surface area contributed by atoms with E-state index in [1.807, 2.05) is 11.8 Å². The van der Waals surface area contributed by atoms with Gasteiger partial charge >= 0.3 is 5.97 Å². The second-order valence-electron chi connectivity index (χ2n) is 4.58. The minimum Gasteiger partial charge on any atom is -0.481 e. The maximum atomic E-state index is 11.8. The maximum Gasteiger partial charge on any atom is 0.328 e. The summed E-state index contributed by atoms with van der Waals surface area (Å²) in [5, 5.41) is 0. The van der Waals surface area contributed by atoms with Crippen LogP contribution in [0.3, 0.4) is 0 Å². The fourth-order valence-corrected chi connectivity index (χ4v) is 2.31. The van der Waals surface area contributed by atoms with Crippen molar-refractivity contribution in [1.29, 1.82) is 0 Å². The smallest absolute Gasteiger partial charge is 0.328 e. The summed E-state index contributed by atoms with van der Waals surface area (Å²) < 4.78 is 10.0. The topological polar surface area (TPSA) is 64.5 Å². The number of carbonyl (C=O) groups is 1. The molecule has 1 aromatic heterocycles. The van der Waals surface area contributed by atoms with Crippen molar-refractivity contribution in [3.63, 3.8) is 0 Å². The lowest BCUT2D eigenvalue weighted by Gasteiger charge is -2.33. The fourth-order valence-electron chi connectivity index (χ4n) is 2.31. The highest BCUT2D eigenvalue weighted by molar-refractivity contribution is 5.79. The third kappa shape index (κ3) is 2.94. The summed E-state index contributed by atoms with van der Waals surface area (Å²) in [4.78, 5) is 22.5. The van der Waals surface area contributed by atoms with Crippen LogP contribution in [0, 0.1) is 6.92 Å². The van der Waals surface area contributed by atoms with Crippen LogP contribution < -0.4 is 9.64 Å². The van der Waals surface area contributed by atoms with Crippen LogP contribution in [0.15, 0.2) is 6.07 Å². The molecule has 104 valence electrons. The van der Waals surface area contributed by atoms with E-state index in [1.54, 1.807) is 13.2 Å². The van der Waals surface area contributed by atoms with Crippen LogP contribution in [0.25, 0.3) is 0 Å². The summed E-state index contributed by atoms with van der Waals surface area (Å²) in [5.74, 6) is 0.812. The third-order valence-electron chi connectivity index (χ3n) is 3.26. The number of nitrogens with zero attached hydrogens (tertiary/aromatic N) is 3. The minimum atomic E-state index is -0.301. The van der Waals surface area contributed by atoms with Gasteiger partial charge in [-0.1, -0.05) is 0 Å². The van der Waals surface area contributed by atoms with E-state index in [4.69, 9.17) is 9.47 Å². The van der Waals surface area contributed by atoms with Gasteiger partial charge < -0.3 is 14.4 Å². The number of methoxy groups -OCH3 is 2. The maximum absolute atomic E-state index is 11.8. The van der Waals surface area contributed by atoms with E-state index in [9.17, 15) is 4.79 Å². The Hall–Kier alpha value is -1.85. The summed E-state index contributed by atoms with van der Waals surface area (Å²) >= 11 is 0. The van der Waals surface area contributed by atoms with Crippen LogP contribution in [0.5, 0.6) is 5.88 Å². The number of esters is 1. The number of carbonyl (C=O) groups excluding carboxylic acids is 1. The summed E-state index contributed by atoms with van der Waals surface area (Å²) in [6.45, 7) is 2.64. The first kappa shape index (κ1) is 13.6. The van der Waals surface area contributed by atoms with Crippen molar-refractivity contribution in [2.45, 2.75) is 32.2 Å². The molecule has 0 aromatic carbocycles. The highest BCUT2D eigenvalue weighted by atomic mass is 16.5. The molecule has 1 saturated heterocycles. The molecular formula is C13H19N3O3. The van der Waals surface area contributed by atoms with Crippen LogP contribution in [0.1, 0.15) is 25.0 Å². The molecule has 2 heterocycles. The Morgan fingerprint density at radius 3 is 2.84 bits per heavy atom. The summed E-state index contributed by atoms with van der Waals surface area (Å²) in [7, 11) is 2.98. The molecule has 1 aliphatic rings. The van der Waals surface area contributed by atoms with Gasteiger partial charge in [0.2, 0.25) is 11.8 Å². The number of rotatable bonds is 3. The van der Waals surface area contributed by atoms with Crippen LogP contribution >= 0.6 is 0 Å². The van der Waals surface area contributed by atoms with Gasteiger partial charge in [-0.3, -0.25) is 0 Å².